The minimum Gasteiger partial charge on any atom is -0.317 e. The summed E-state index contributed by atoms with van der Waals surface area (Å²) in [4.78, 5) is 14.3. The van der Waals surface area contributed by atoms with Crippen LogP contribution in [0.2, 0.25) is 0 Å². The first-order chi connectivity index (χ1) is 7.81. The maximum Gasteiger partial charge on any atom is 0.294 e. The maximum absolute atomic E-state index is 12.7. The van der Waals surface area contributed by atoms with Crippen LogP contribution < -0.4 is 5.56 Å². The van der Waals surface area contributed by atoms with E-state index in [0.717, 1.165) is 0 Å². The van der Waals surface area contributed by atoms with Crippen molar-refractivity contribution in [1.82, 2.24) is 19.6 Å². The lowest BCUT2D eigenvalue weighted by Crippen LogP contribution is -2.11. The quantitative estimate of drug-likeness (QED) is 0.663. The Labute approximate surface area is 88.6 Å². The molecule has 0 unspecified atom stereocenters. The van der Waals surface area contributed by atoms with Crippen LogP contribution in [0.1, 0.15) is 5.82 Å². The number of fused-ring (bicyclic) bond motifs is 3. The fourth-order valence-electron chi connectivity index (χ4n) is 1.76. The summed E-state index contributed by atoms with van der Waals surface area (Å²) >= 11 is 0. The zero-order chi connectivity index (χ0) is 11.1. The highest BCUT2D eigenvalue weighted by Gasteiger charge is 2.11. The summed E-state index contributed by atoms with van der Waals surface area (Å²) in [6.07, 6.45) is 0. The number of halogens is 1. The molecule has 0 aliphatic heterocycles. The molecule has 0 aliphatic rings. The smallest absolute Gasteiger partial charge is 0.294 e. The second-order valence-electron chi connectivity index (χ2n) is 3.38. The molecule has 0 radical (unpaired) electrons. The van der Waals surface area contributed by atoms with E-state index in [1.807, 2.05) is 6.07 Å². The third-order valence-electron chi connectivity index (χ3n) is 2.45. The maximum atomic E-state index is 12.7. The third-order valence-corrected chi connectivity index (χ3v) is 2.45. The topological polar surface area (TPSA) is 63.0 Å². The van der Waals surface area contributed by atoms with Gasteiger partial charge < -0.3 is 4.98 Å². The minimum atomic E-state index is -0.755. The predicted octanol–water partition coefficient (Wildman–Crippen LogP) is 1.04. The largest absolute Gasteiger partial charge is 0.317 e. The molecule has 0 fully saturated rings. The van der Waals surface area contributed by atoms with Gasteiger partial charge in [-0.15, -0.1) is 10.2 Å². The number of hydrogen-bond donors (Lipinski definition) is 1. The first kappa shape index (κ1) is 9.02. The Morgan fingerprint density at radius 2 is 2.12 bits per heavy atom. The van der Waals surface area contributed by atoms with Crippen LogP contribution in [-0.2, 0) is 6.67 Å². The van der Waals surface area contributed by atoms with E-state index in [0.29, 0.717) is 11.0 Å². The van der Waals surface area contributed by atoms with Crippen molar-refractivity contribution >= 4 is 16.7 Å². The molecule has 80 valence electrons. The second kappa shape index (κ2) is 3.13. The molecule has 5 nitrogen and oxygen atoms in total. The molecule has 0 spiro atoms. The Morgan fingerprint density at radius 3 is 2.94 bits per heavy atom. The van der Waals surface area contributed by atoms with Gasteiger partial charge >= 0.3 is 0 Å². The first-order valence-electron chi connectivity index (χ1n) is 4.72. The van der Waals surface area contributed by atoms with E-state index in [-0.39, 0.29) is 17.0 Å². The summed E-state index contributed by atoms with van der Waals surface area (Å²) in [6, 6.07) is 7.13. The Bertz CT molecular complexity index is 730. The zero-order valence-electron chi connectivity index (χ0n) is 8.14. The number of alkyl halides is 1. The zero-order valence-corrected chi connectivity index (χ0v) is 8.14. The number of aromatic nitrogens is 4. The van der Waals surface area contributed by atoms with Crippen LogP contribution >= 0.6 is 0 Å². The second-order valence-corrected chi connectivity index (χ2v) is 3.38. The number of aromatic amines is 1. The van der Waals surface area contributed by atoms with Crippen LogP contribution in [0.4, 0.5) is 4.39 Å². The highest BCUT2D eigenvalue weighted by atomic mass is 19.1. The van der Waals surface area contributed by atoms with Gasteiger partial charge in [-0.2, -0.15) is 0 Å². The van der Waals surface area contributed by atoms with Gasteiger partial charge in [0, 0.05) is 0 Å². The summed E-state index contributed by atoms with van der Waals surface area (Å²) in [5.41, 5.74) is 1.07. The van der Waals surface area contributed by atoms with E-state index in [4.69, 9.17) is 0 Å². The number of benzene rings is 1. The van der Waals surface area contributed by atoms with E-state index in [9.17, 15) is 9.18 Å². The Morgan fingerprint density at radius 1 is 1.31 bits per heavy atom. The molecule has 2 aromatic heterocycles. The number of nitrogens with zero attached hydrogens (tertiary/aromatic N) is 3. The first-order valence-corrected chi connectivity index (χ1v) is 4.72. The van der Waals surface area contributed by atoms with Gasteiger partial charge in [-0.1, -0.05) is 12.1 Å². The van der Waals surface area contributed by atoms with Crippen LogP contribution in [0.5, 0.6) is 0 Å². The highest BCUT2D eigenvalue weighted by Crippen LogP contribution is 2.12. The van der Waals surface area contributed by atoms with Crippen molar-refractivity contribution in [2.24, 2.45) is 0 Å². The molecule has 0 saturated carbocycles. The summed E-state index contributed by atoms with van der Waals surface area (Å²) in [5, 5.41) is 7.31. The molecule has 0 saturated heterocycles. The molecule has 1 N–H and O–H groups in total. The van der Waals surface area contributed by atoms with Crippen molar-refractivity contribution in [3.8, 4) is 0 Å². The van der Waals surface area contributed by atoms with Gasteiger partial charge in [0.15, 0.2) is 5.82 Å². The summed E-state index contributed by atoms with van der Waals surface area (Å²) in [6.45, 7) is -0.755. The average molecular weight is 218 g/mol. The van der Waals surface area contributed by atoms with Crippen LogP contribution in [-0.4, -0.2) is 19.6 Å². The van der Waals surface area contributed by atoms with E-state index < -0.39 is 6.67 Å². The fraction of sp³-hybridized carbons (Fsp3) is 0.100. The summed E-state index contributed by atoms with van der Waals surface area (Å²) < 4.78 is 14.2. The van der Waals surface area contributed by atoms with Gasteiger partial charge in [0.1, 0.15) is 6.67 Å². The molecule has 3 aromatic rings. The number of nitrogens with one attached hydrogen (secondary N) is 1. The molecule has 0 bridgehead atoms. The lowest BCUT2D eigenvalue weighted by Gasteiger charge is -2.01. The van der Waals surface area contributed by atoms with Gasteiger partial charge in [-0.3, -0.25) is 9.20 Å². The monoisotopic (exact) mass is 218 g/mol. The Balaban J connectivity index is 2.65. The Hall–Kier alpha value is -2.24. The lowest BCUT2D eigenvalue weighted by atomic mass is 10.3. The van der Waals surface area contributed by atoms with Crippen molar-refractivity contribution in [1.29, 1.82) is 0 Å². The molecule has 2 heterocycles. The van der Waals surface area contributed by atoms with E-state index >= 15 is 0 Å². The highest BCUT2D eigenvalue weighted by molar-refractivity contribution is 5.77. The van der Waals surface area contributed by atoms with Gasteiger partial charge in [-0.25, -0.2) is 4.39 Å². The summed E-state index contributed by atoms with van der Waals surface area (Å²) in [7, 11) is 0. The molecule has 3 rings (SSSR count). The van der Waals surface area contributed by atoms with Crippen LogP contribution in [0.3, 0.4) is 0 Å². The van der Waals surface area contributed by atoms with Crippen LogP contribution in [0.15, 0.2) is 29.1 Å². The van der Waals surface area contributed by atoms with Crippen molar-refractivity contribution in [3.05, 3.63) is 40.4 Å². The predicted molar refractivity (Wildman–Crippen MR) is 55.9 cm³/mol. The van der Waals surface area contributed by atoms with Gasteiger partial charge in [0.05, 0.1) is 11.0 Å². The molecular formula is C10H7FN4O. The fourth-order valence-corrected chi connectivity index (χ4v) is 1.76. The van der Waals surface area contributed by atoms with Crippen molar-refractivity contribution < 1.29 is 4.39 Å². The van der Waals surface area contributed by atoms with Crippen molar-refractivity contribution in [3.63, 3.8) is 0 Å². The van der Waals surface area contributed by atoms with Crippen molar-refractivity contribution in [2.75, 3.05) is 0 Å². The van der Waals surface area contributed by atoms with Gasteiger partial charge in [0.25, 0.3) is 5.56 Å². The van der Waals surface area contributed by atoms with Crippen LogP contribution in [0, 0.1) is 0 Å². The van der Waals surface area contributed by atoms with Gasteiger partial charge in [-0.05, 0) is 12.1 Å². The molecule has 6 heteroatoms. The molecule has 16 heavy (non-hydrogen) atoms. The molecular weight excluding hydrogens is 211 g/mol. The number of H-pyrrole nitrogens is 1. The summed E-state index contributed by atoms with van der Waals surface area (Å²) in [5.74, 6) is 0.136. The normalized spacial score (nSPS) is 11.3. The molecule has 0 aliphatic carbocycles. The Kier molecular flexibility index (Phi) is 1.76. The number of para-hydroxylation sites is 2. The third kappa shape index (κ3) is 1.06. The molecule has 0 atom stereocenters. The average Bonchev–Trinajstić information content (AvgIpc) is 2.74. The molecule has 1 aromatic carbocycles. The van der Waals surface area contributed by atoms with Gasteiger partial charge in [0.2, 0.25) is 5.65 Å². The number of hydrogen-bond acceptors (Lipinski definition) is 3. The minimum absolute atomic E-state index is 0.117. The lowest BCUT2D eigenvalue weighted by molar-refractivity contribution is 0.463. The van der Waals surface area contributed by atoms with Crippen molar-refractivity contribution in [2.45, 2.75) is 6.67 Å². The van der Waals surface area contributed by atoms with E-state index in [1.54, 1.807) is 18.2 Å². The van der Waals surface area contributed by atoms with E-state index in [1.165, 1.54) is 4.40 Å². The number of rotatable bonds is 1. The standard InChI is InChI=1S/C10H7FN4O/c11-5-8-13-14-9-10(16)12-6-3-1-2-4-7(6)15(8)9/h1-4H,5H2,(H,12,16). The molecule has 0 amide bonds. The van der Waals surface area contributed by atoms with E-state index in [2.05, 4.69) is 15.2 Å². The van der Waals surface area contributed by atoms with Crippen LogP contribution in [0.25, 0.3) is 16.7 Å². The SMILES string of the molecule is O=c1[nH]c2ccccc2n2c(CF)nnc12.